The first-order valence-electron chi connectivity index (χ1n) is 10.5. The second kappa shape index (κ2) is 18.3. The fourth-order valence-electron chi connectivity index (χ4n) is 3.74. The first kappa shape index (κ1) is 27.3. The lowest BCUT2D eigenvalue weighted by atomic mass is 9.98. The van der Waals surface area contributed by atoms with Gasteiger partial charge in [-0.05, 0) is 52.7 Å². The minimum Gasteiger partial charge on any atom is -0.483 e. The van der Waals surface area contributed by atoms with E-state index in [1.165, 1.54) is 25.8 Å². The molecule has 1 atom stereocenters. The van der Waals surface area contributed by atoms with Crippen LogP contribution in [0.2, 0.25) is 0 Å². The smallest absolute Gasteiger partial charge is 0.290 e. The van der Waals surface area contributed by atoms with Crippen molar-refractivity contribution in [2.24, 2.45) is 0 Å². The normalized spacial score (nSPS) is 20.3. The summed E-state index contributed by atoms with van der Waals surface area (Å²) < 4.78 is 5.44. The minimum absolute atomic E-state index is 0.250. The third-order valence-electron chi connectivity index (χ3n) is 5.31. The standard InChI is InChI=1S/C18H35N3O2.2CH2O2/c1-3-23-16-15-20-11-6-12-21(14-13-20)18(22)9-8-17-7-4-5-10-19(17)2;2*2-1-3/h17H,3-16H2,1-2H3;2*1H,(H,2,3). The van der Waals surface area contributed by atoms with Gasteiger partial charge in [0.1, 0.15) is 0 Å². The minimum atomic E-state index is -0.250. The number of hydrogen-bond donors (Lipinski definition) is 2. The van der Waals surface area contributed by atoms with Crippen LogP contribution >= 0.6 is 0 Å². The van der Waals surface area contributed by atoms with Crippen molar-refractivity contribution in [1.29, 1.82) is 0 Å². The topological polar surface area (TPSA) is 111 Å². The Morgan fingerprint density at radius 1 is 1.03 bits per heavy atom. The fraction of sp³-hybridized carbons (Fsp3) is 0.850. The van der Waals surface area contributed by atoms with Crippen LogP contribution in [0.3, 0.4) is 0 Å². The summed E-state index contributed by atoms with van der Waals surface area (Å²) in [5.74, 6) is 0.357. The average molecular weight is 418 g/mol. The molecule has 0 spiro atoms. The van der Waals surface area contributed by atoms with E-state index < -0.39 is 0 Å². The maximum absolute atomic E-state index is 12.5. The molecular formula is C20H39N3O6. The number of carboxylic acid groups (broad SMARTS) is 2. The van der Waals surface area contributed by atoms with Crippen molar-refractivity contribution in [2.75, 3.05) is 59.5 Å². The molecule has 0 aliphatic carbocycles. The van der Waals surface area contributed by atoms with Crippen molar-refractivity contribution in [3.63, 3.8) is 0 Å². The van der Waals surface area contributed by atoms with Gasteiger partial charge in [0.05, 0.1) is 6.61 Å². The Kier molecular flexibility index (Phi) is 17.2. The number of carbonyl (C=O) groups is 3. The molecule has 2 saturated heterocycles. The molecule has 1 unspecified atom stereocenters. The molecule has 2 rings (SSSR count). The highest BCUT2D eigenvalue weighted by Crippen LogP contribution is 2.19. The van der Waals surface area contributed by atoms with Crippen LogP contribution in [0.1, 0.15) is 45.4 Å². The maximum Gasteiger partial charge on any atom is 0.290 e. The van der Waals surface area contributed by atoms with E-state index in [1.54, 1.807) is 0 Å². The van der Waals surface area contributed by atoms with Crippen LogP contribution in [0.15, 0.2) is 0 Å². The molecule has 2 fully saturated rings. The van der Waals surface area contributed by atoms with Crippen LogP contribution in [-0.2, 0) is 19.1 Å². The van der Waals surface area contributed by atoms with E-state index in [0.717, 1.165) is 58.8 Å². The molecule has 2 N–H and O–H groups in total. The summed E-state index contributed by atoms with van der Waals surface area (Å²) in [5, 5.41) is 13.8. The van der Waals surface area contributed by atoms with Crippen molar-refractivity contribution in [2.45, 2.75) is 51.5 Å². The van der Waals surface area contributed by atoms with Crippen LogP contribution in [0.25, 0.3) is 0 Å². The number of amides is 1. The molecule has 0 aromatic carbocycles. The number of ether oxygens (including phenoxy) is 1. The monoisotopic (exact) mass is 417 g/mol. The summed E-state index contributed by atoms with van der Waals surface area (Å²) in [6, 6.07) is 0.613. The first-order chi connectivity index (χ1) is 14.0. The molecule has 2 heterocycles. The van der Waals surface area contributed by atoms with Gasteiger partial charge in [0.25, 0.3) is 12.9 Å². The number of rotatable bonds is 7. The van der Waals surface area contributed by atoms with E-state index in [-0.39, 0.29) is 12.9 Å². The third kappa shape index (κ3) is 13.2. The summed E-state index contributed by atoms with van der Waals surface area (Å²) in [6.45, 7) is 9.18. The second-order valence-corrected chi connectivity index (χ2v) is 7.15. The van der Waals surface area contributed by atoms with Gasteiger partial charge in [-0.1, -0.05) is 6.42 Å². The molecule has 2 aliphatic rings. The molecule has 0 aromatic rings. The van der Waals surface area contributed by atoms with Gasteiger partial charge in [-0.2, -0.15) is 0 Å². The Hall–Kier alpha value is -1.71. The van der Waals surface area contributed by atoms with E-state index in [1.807, 2.05) is 6.92 Å². The zero-order valence-electron chi connectivity index (χ0n) is 18.0. The van der Waals surface area contributed by atoms with Crippen molar-refractivity contribution < 1.29 is 29.3 Å². The molecule has 9 heteroatoms. The maximum atomic E-state index is 12.5. The summed E-state index contributed by atoms with van der Waals surface area (Å²) in [5.41, 5.74) is 0. The molecule has 1 amide bonds. The lowest BCUT2D eigenvalue weighted by molar-refractivity contribution is -0.131. The van der Waals surface area contributed by atoms with E-state index in [2.05, 4.69) is 21.7 Å². The van der Waals surface area contributed by atoms with Crippen molar-refractivity contribution in [1.82, 2.24) is 14.7 Å². The lowest BCUT2D eigenvalue weighted by Crippen LogP contribution is -2.39. The lowest BCUT2D eigenvalue weighted by Gasteiger charge is -2.32. The summed E-state index contributed by atoms with van der Waals surface area (Å²) in [6.07, 6.45) is 6.72. The summed E-state index contributed by atoms with van der Waals surface area (Å²) in [7, 11) is 2.20. The van der Waals surface area contributed by atoms with E-state index in [0.29, 0.717) is 18.4 Å². The Labute approximate surface area is 174 Å². The summed E-state index contributed by atoms with van der Waals surface area (Å²) >= 11 is 0. The summed E-state index contributed by atoms with van der Waals surface area (Å²) in [4.78, 5) is 36.2. The number of nitrogens with zero attached hydrogens (tertiary/aromatic N) is 3. The Morgan fingerprint density at radius 2 is 1.72 bits per heavy atom. The van der Waals surface area contributed by atoms with Gasteiger partial charge in [0, 0.05) is 45.2 Å². The highest BCUT2D eigenvalue weighted by molar-refractivity contribution is 5.76. The number of likely N-dealkylation sites (tertiary alicyclic amines) is 1. The van der Waals surface area contributed by atoms with Gasteiger partial charge in [-0.25, -0.2) is 0 Å². The second-order valence-electron chi connectivity index (χ2n) is 7.15. The number of hydrogen-bond acceptors (Lipinski definition) is 6. The Balaban J connectivity index is 0.00000116. The zero-order valence-corrected chi connectivity index (χ0v) is 18.0. The fourth-order valence-corrected chi connectivity index (χ4v) is 3.74. The Bertz CT molecular complexity index is 432. The predicted octanol–water partition coefficient (Wildman–Crippen LogP) is 1.22. The van der Waals surface area contributed by atoms with Crippen molar-refractivity contribution >= 4 is 18.9 Å². The molecule has 0 aromatic heterocycles. The molecule has 29 heavy (non-hydrogen) atoms. The van der Waals surface area contributed by atoms with Crippen molar-refractivity contribution in [3.05, 3.63) is 0 Å². The van der Waals surface area contributed by atoms with Crippen LogP contribution in [0, 0.1) is 0 Å². The molecule has 0 saturated carbocycles. The van der Waals surface area contributed by atoms with Gasteiger partial charge in [0.2, 0.25) is 5.91 Å². The third-order valence-corrected chi connectivity index (χ3v) is 5.31. The SMILES string of the molecule is CCOCCN1CCCN(C(=O)CCC2CCCCN2C)CC1.O=CO.O=CO. The highest BCUT2D eigenvalue weighted by atomic mass is 16.5. The average Bonchev–Trinajstić information content (AvgIpc) is 2.94. The van der Waals surface area contributed by atoms with Crippen LogP contribution in [0.5, 0.6) is 0 Å². The molecule has 170 valence electrons. The number of piperidine rings is 1. The van der Waals surface area contributed by atoms with Crippen LogP contribution in [0.4, 0.5) is 0 Å². The predicted molar refractivity (Wildman–Crippen MR) is 111 cm³/mol. The van der Waals surface area contributed by atoms with E-state index in [4.69, 9.17) is 24.5 Å². The quantitative estimate of drug-likeness (QED) is 0.470. The van der Waals surface area contributed by atoms with Gasteiger partial charge in [0.15, 0.2) is 0 Å². The van der Waals surface area contributed by atoms with E-state index in [9.17, 15) is 4.79 Å². The van der Waals surface area contributed by atoms with E-state index >= 15 is 0 Å². The molecule has 0 radical (unpaired) electrons. The van der Waals surface area contributed by atoms with Gasteiger partial charge >= 0.3 is 0 Å². The molecule has 9 nitrogen and oxygen atoms in total. The number of carbonyl (C=O) groups excluding carboxylic acids is 1. The zero-order chi connectivity index (χ0) is 21.9. The van der Waals surface area contributed by atoms with Gasteiger partial charge in [-0.15, -0.1) is 0 Å². The molecule has 2 aliphatic heterocycles. The van der Waals surface area contributed by atoms with Gasteiger partial charge < -0.3 is 24.7 Å². The Morgan fingerprint density at radius 3 is 2.34 bits per heavy atom. The molecular weight excluding hydrogens is 378 g/mol. The highest BCUT2D eigenvalue weighted by Gasteiger charge is 2.23. The first-order valence-corrected chi connectivity index (χ1v) is 10.5. The van der Waals surface area contributed by atoms with Crippen molar-refractivity contribution in [3.8, 4) is 0 Å². The van der Waals surface area contributed by atoms with Gasteiger partial charge in [-0.3, -0.25) is 19.3 Å². The van der Waals surface area contributed by atoms with Crippen LogP contribution < -0.4 is 0 Å². The largest absolute Gasteiger partial charge is 0.483 e. The molecule has 0 bridgehead atoms. The van der Waals surface area contributed by atoms with Crippen LogP contribution in [-0.4, -0.2) is 109 Å².